The van der Waals surface area contributed by atoms with Gasteiger partial charge >= 0.3 is 0 Å². The molecule has 2 aliphatic rings. The van der Waals surface area contributed by atoms with E-state index in [4.69, 9.17) is 21.1 Å². The topological polar surface area (TPSA) is 82.8 Å². The fraction of sp³-hybridized carbons (Fsp3) is 0.304. The summed E-state index contributed by atoms with van der Waals surface area (Å²) in [6, 6.07) is 14.5. The van der Waals surface area contributed by atoms with Gasteiger partial charge in [-0.05, 0) is 36.8 Å². The first-order valence-corrected chi connectivity index (χ1v) is 11.2. The Kier molecular flexibility index (Phi) is 5.89. The van der Waals surface area contributed by atoms with Crippen molar-refractivity contribution in [2.75, 3.05) is 19.5 Å². The van der Waals surface area contributed by atoms with Crippen molar-refractivity contribution in [2.24, 2.45) is 0 Å². The first-order valence-electron chi connectivity index (χ1n) is 9.82. The van der Waals surface area contributed by atoms with Crippen LogP contribution < -0.4 is 9.47 Å². The number of rotatable bonds is 5. The van der Waals surface area contributed by atoms with Gasteiger partial charge in [-0.15, -0.1) is 11.8 Å². The molecule has 1 saturated heterocycles. The Balaban J connectivity index is 1.76. The summed E-state index contributed by atoms with van der Waals surface area (Å²) in [5, 5.41) is 22.4. The highest BCUT2D eigenvalue weighted by atomic mass is 35.5. The van der Waals surface area contributed by atoms with Crippen LogP contribution in [0, 0.1) is 11.3 Å². The van der Waals surface area contributed by atoms with E-state index in [1.807, 2.05) is 19.1 Å². The molecule has 160 valence electrons. The number of carbonyl (C=O) groups is 1. The molecule has 0 aromatic heterocycles. The van der Waals surface area contributed by atoms with E-state index in [1.54, 1.807) is 37.4 Å². The van der Waals surface area contributed by atoms with Gasteiger partial charge in [-0.2, -0.15) is 5.26 Å². The average molecular weight is 457 g/mol. The highest BCUT2D eigenvalue weighted by molar-refractivity contribution is 8.03. The molecule has 2 heterocycles. The summed E-state index contributed by atoms with van der Waals surface area (Å²) in [5.41, 5.74) is 0.289. The van der Waals surface area contributed by atoms with Gasteiger partial charge < -0.3 is 14.6 Å². The Morgan fingerprint density at radius 2 is 2.03 bits per heavy atom. The normalized spacial score (nSPS) is 22.9. The van der Waals surface area contributed by atoms with E-state index in [2.05, 4.69) is 6.07 Å². The van der Waals surface area contributed by atoms with Crippen LogP contribution >= 0.6 is 23.4 Å². The average Bonchev–Trinajstić information content (AvgIpc) is 3.13. The number of halogens is 1. The Labute approximate surface area is 190 Å². The van der Waals surface area contributed by atoms with E-state index >= 15 is 0 Å². The van der Waals surface area contributed by atoms with Gasteiger partial charge in [-0.1, -0.05) is 29.8 Å². The van der Waals surface area contributed by atoms with Gasteiger partial charge in [0.05, 0.1) is 36.1 Å². The van der Waals surface area contributed by atoms with Crippen molar-refractivity contribution in [3.05, 3.63) is 69.2 Å². The number of hydrogen-bond donors (Lipinski definition) is 1. The number of amides is 1. The molecule has 2 aromatic rings. The number of allylic oxidation sites excluding steroid dienone is 1. The van der Waals surface area contributed by atoms with Gasteiger partial charge in [0, 0.05) is 22.9 Å². The molecule has 4 rings (SSSR count). The summed E-state index contributed by atoms with van der Waals surface area (Å²) in [6.45, 7) is 2.39. The number of ether oxygens (including phenoxy) is 2. The molecular weight excluding hydrogens is 436 g/mol. The molecule has 8 heteroatoms. The van der Waals surface area contributed by atoms with Crippen molar-refractivity contribution in [3.63, 3.8) is 0 Å². The molecule has 0 radical (unpaired) electrons. The van der Waals surface area contributed by atoms with E-state index in [0.29, 0.717) is 39.3 Å². The monoisotopic (exact) mass is 456 g/mol. The van der Waals surface area contributed by atoms with Gasteiger partial charge in [-0.3, -0.25) is 9.69 Å². The zero-order valence-corrected chi connectivity index (χ0v) is 18.7. The van der Waals surface area contributed by atoms with Crippen LogP contribution in [0.3, 0.4) is 0 Å². The Morgan fingerprint density at radius 1 is 1.29 bits per heavy atom. The van der Waals surface area contributed by atoms with Crippen LogP contribution in [0.25, 0.3) is 0 Å². The summed E-state index contributed by atoms with van der Waals surface area (Å²) in [5.74, 6) is 0.729. The van der Waals surface area contributed by atoms with Crippen molar-refractivity contribution in [3.8, 4) is 17.6 Å². The molecule has 1 fully saturated rings. The van der Waals surface area contributed by atoms with Crippen molar-refractivity contribution in [2.45, 2.75) is 25.0 Å². The maximum absolute atomic E-state index is 13.2. The Bertz CT molecular complexity index is 1100. The van der Waals surface area contributed by atoms with E-state index in [1.165, 1.54) is 16.7 Å². The van der Waals surface area contributed by atoms with Crippen LogP contribution in [0.2, 0.25) is 5.02 Å². The zero-order chi connectivity index (χ0) is 22.2. The summed E-state index contributed by atoms with van der Waals surface area (Å²) in [6.07, 6.45) is 0.0694. The molecule has 1 N–H and O–H groups in total. The number of hydrogen-bond acceptors (Lipinski definition) is 6. The fourth-order valence-corrected chi connectivity index (χ4v) is 5.50. The molecule has 6 nitrogen and oxygen atoms in total. The van der Waals surface area contributed by atoms with Crippen molar-refractivity contribution >= 4 is 29.3 Å². The minimum atomic E-state index is -1.52. The quantitative estimate of drug-likeness (QED) is 0.718. The molecule has 1 amide bonds. The van der Waals surface area contributed by atoms with Crippen molar-refractivity contribution in [1.29, 1.82) is 5.26 Å². The highest BCUT2D eigenvalue weighted by Gasteiger charge is 2.51. The van der Waals surface area contributed by atoms with Crippen LogP contribution in [-0.4, -0.2) is 35.4 Å². The standard InChI is InChI=1S/C23H21ClN2O4S/c1-3-30-19-9-4-14(10-20(19)29-2)17-11-21(27)26-22(18(17)12-25)31-13-23(26,28)15-5-7-16(24)8-6-15/h4-10,17,28H,3,11,13H2,1-2H3/t17-,23+/m0/s1. The first-order chi connectivity index (χ1) is 14.9. The number of nitrogens with zero attached hydrogens (tertiary/aromatic N) is 2. The minimum Gasteiger partial charge on any atom is -0.493 e. The van der Waals surface area contributed by atoms with Crippen LogP contribution in [0.1, 0.15) is 30.4 Å². The molecule has 0 aliphatic carbocycles. The van der Waals surface area contributed by atoms with Crippen LogP contribution in [0.15, 0.2) is 53.1 Å². The molecule has 2 aliphatic heterocycles. The van der Waals surface area contributed by atoms with Gasteiger partial charge in [0.15, 0.2) is 17.2 Å². The molecule has 0 saturated carbocycles. The predicted molar refractivity (Wildman–Crippen MR) is 119 cm³/mol. The van der Waals surface area contributed by atoms with Crippen molar-refractivity contribution < 1.29 is 19.4 Å². The third-order valence-corrected chi connectivity index (χ3v) is 6.98. The molecule has 2 aromatic carbocycles. The second kappa shape index (κ2) is 8.46. The first kappa shape index (κ1) is 21.6. The number of nitriles is 1. The van der Waals surface area contributed by atoms with Crippen molar-refractivity contribution in [1.82, 2.24) is 4.90 Å². The van der Waals surface area contributed by atoms with Crippen LogP contribution in [0.5, 0.6) is 11.5 Å². The molecule has 2 atom stereocenters. The highest BCUT2D eigenvalue weighted by Crippen LogP contribution is 2.52. The van der Waals surface area contributed by atoms with Gasteiger partial charge in [-0.25, -0.2) is 0 Å². The summed E-state index contributed by atoms with van der Waals surface area (Å²) in [7, 11) is 1.55. The van der Waals surface area contributed by atoms with E-state index in [9.17, 15) is 15.2 Å². The SMILES string of the molecule is CCOc1ccc([C@@H]2CC(=O)N3C(=C2C#N)SC[C@@]3(O)c2ccc(Cl)cc2)cc1OC. The lowest BCUT2D eigenvalue weighted by atomic mass is 9.85. The largest absolute Gasteiger partial charge is 0.493 e. The van der Waals surface area contributed by atoms with Gasteiger partial charge in [0.2, 0.25) is 5.91 Å². The third kappa shape index (κ3) is 3.65. The third-order valence-electron chi connectivity index (χ3n) is 5.51. The van der Waals surface area contributed by atoms with Crippen LogP contribution in [0.4, 0.5) is 0 Å². The van der Waals surface area contributed by atoms with Gasteiger partial charge in [0.25, 0.3) is 0 Å². The summed E-state index contributed by atoms with van der Waals surface area (Å²) >= 11 is 7.29. The smallest absolute Gasteiger partial charge is 0.231 e. The maximum Gasteiger partial charge on any atom is 0.231 e. The Hall–Kier alpha value is -2.66. The molecule has 31 heavy (non-hydrogen) atoms. The number of fused-ring (bicyclic) bond motifs is 1. The molecule has 0 spiro atoms. The molecule has 0 unspecified atom stereocenters. The minimum absolute atomic E-state index is 0.0694. The number of methoxy groups -OCH3 is 1. The summed E-state index contributed by atoms with van der Waals surface area (Å²) < 4.78 is 11.0. The lowest BCUT2D eigenvalue weighted by molar-refractivity contribution is -0.149. The van der Waals surface area contributed by atoms with Crippen LogP contribution in [-0.2, 0) is 10.5 Å². The van der Waals surface area contributed by atoms with E-state index < -0.39 is 11.6 Å². The fourth-order valence-electron chi connectivity index (χ4n) is 4.02. The second-order valence-corrected chi connectivity index (χ2v) is 8.67. The van der Waals surface area contributed by atoms with E-state index in [0.717, 1.165) is 5.56 Å². The molecular formula is C23H21ClN2O4S. The second-order valence-electron chi connectivity index (χ2n) is 7.27. The zero-order valence-electron chi connectivity index (χ0n) is 17.1. The summed E-state index contributed by atoms with van der Waals surface area (Å²) in [4.78, 5) is 14.6. The predicted octanol–water partition coefficient (Wildman–Crippen LogP) is 4.39. The number of carbonyl (C=O) groups excluding carboxylic acids is 1. The number of benzene rings is 2. The lowest BCUT2D eigenvalue weighted by Crippen LogP contribution is -2.48. The Morgan fingerprint density at radius 3 is 2.68 bits per heavy atom. The lowest BCUT2D eigenvalue weighted by Gasteiger charge is -2.38. The van der Waals surface area contributed by atoms with Gasteiger partial charge in [0.1, 0.15) is 0 Å². The van der Waals surface area contributed by atoms with E-state index in [-0.39, 0.29) is 18.1 Å². The molecule has 0 bridgehead atoms. The number of aliphatic hydroxyl groups is 1. The number of thioether (sulfide) groups is 1. The maximum atomic E-state index is 13.2.